The third-order valence-corrected chi connectivity index (χ3v) is 4.39. The minimum absolute atomic E-state index is 0.117. The molecule has 0 fully saturated rings. The van der Waals surface area contributed by atoms with E-state index in [2.05, 4.69) is 0 Å². The number of aliphatic hydroxyl groups is 1. The number of hydrogen-bond acceptors (Lipinski definition) is 5. The van der Waals surface area contributed by atoms with E-state index in [1.54, 1.807) is 18.2 Å². The van der Waals surface area contributed by atoms with E-state index in [1.165, 1.54) is 19.1 Å². The Morgan fingerprint density at radius 2 is 1.96 bits per heavy atom. The molecule has 0 aliphatic carbocycles. The van der Waals surface area contributed by atoms with Crippen molar-refractivity contribution in [2.45, 2.75) is 39.7 Å². The molecule has 1 atom stereocenters. The second-order valence-electron chi connectivity index (χ2n) is 6.77. The van der Waals surface area contributed by atoms with E-state index in [0.29, 0.717) is 30.0 Å². The van der Waals surface area contributed by atoms with Gasteiger partial charge in [-0.2, -0.15) is 0 Å². The van der Waals surface area contributed by atoms with Crippen LogP contribution in [0.25, 0.3) is 0 Å². The Balaban J connectivity index is 2.63. The Morgan fingerprint density at radius 3 is 2.50 bits per heavy atom. The Labute approximate surface area is 154 Å². The molecule has 0 saturated heterocycles. The summed E-state index contributed by atoms with van der Waals surface area (Å²) in [7, 11) is 3.05. The molecular formula is C20H27NO5. The van der Waals surface area contributed by atoms with E-state index in [0.717, 1.165) is 0 Å². The van der Waals surface area contributed by atoms with E-state index >= 15 is 0 Å². The number of hydrogen-bond donors (Lipinski definition) is 1. The molecule has 0 bridgehead atoms. The van der Waals surface area contributed by atoms with Crippen molar-refractivity contribution >= 4 is 11.7 Å². The molecule has 0 aromatic heterocycles. The first kappa shape index (κ1) is 19.8. The van der Waals surface area contributed by atoms with Crippen molar-refractivity contribution < 1.29 is 24.2 Å². The number of carbonyl (C=O) groups is 2. The zero-order valence-electron chi connectivity index (χ0n) is 16.0. The van der Waals surface area contributed by atoms with Crippen LogP contribution in [0.3, 0.4) is 0 Å². The van der Waals surface area contributed by atoms with Gasteiger partial charge in [-0.3, -0.25) is 9.59 Å². The first-order valence-electron chi connectivity index (χ1n) is 8.85. The number of benzene rings is 1. The predicted octanol–water partition coefficient (Wildman–Crippen LogP) is 3.42. The average molecular weight is 361 g/mol. The van der Waals surface area contributed by atoms with Crippen molar-refractivity contribution in [3.8, 4) is 11.5 Å². The number of methoxy groups -OCH3 is 2. The fraction of sp³-hybridized carbons (Fsp3) is 0.500. The quantitative estimate of drug-likeness (QED) is 0.768. The molecule has 1 heterocycles. The van der Waals surface area contributed by atoms with Gasteiger partial charge < -0.3 is 19.5 Å². The molecule has 1 aliphatic heterocycles. The third kappa shape index (κ3) is 3.54. The number of amides is 1. The Morgan fingerprint density at radius 1 is 1.27 bits per heavy atom. The maximum Gasteiger partial charge on any atom is 0.290 e. The molecular weight excluding hydrogens is 334 g/mol. The van der Waals surface area contributed by atoms with Crippen LogP contribution < -0.4 is 9.47 Å². The van der Waals surface area contributed by atoms with Crippen LogP contribution in [0.5, 0.6) is 11.5 Å². The molecule has 1 amide bonds. The number of carbonyl (C=O) groups excluding carboxylic acids is 2. The average Bonchev–Trinajstić information content (AvgIpc) is 2.85. The van der Waals surface area contributed by atoms with Gasteiger partial charge >= 0.3 is 0 Å². The first-order chi connectivity index (χ1) is 12.4. The van der Waals surface area contributed by atoms with Gasteiger partial charge in [0, 0.05) is 18.5 Å². The highest BCUT2D eigenvalue weighted by molar-refractivity contribution is 6.09. The van der Waals surface area contributed by atoms with Crippen LogP contribution in [0, 0.1) is 5.92 Å². The maximum absolute atomic E-state index is 12.8. The minimum Gasteiger partial charge on any atom is -0.503 e. The minimum atomic E-state index is -0.682. The summed E-state index contributed by atoms with van der Waals surface area (Å²) in [4.78, 5) is 27.0. The van der Waals surface area contributed by atoms with Crippen LogP contribution in [-0.2, 0) is 9.59 Å². The van der Waals surface area contributed by atoms with Crippen molar-refractivity contribution in [3.05, 3.63) is 35.1 Å². The summed E-state index contributed by atoms with van der Waals surface area (Å²) < 4.78 is 10.9. The molecule has 1 N–H and O–H groups in total. The summed E-state index contributed by atoms with van der Waals surface area (Å²) >= 11 is 0. The van der Waals surface area contributed by atoms with Gasteiger partial charge in [-0.05, 0) is 18.4 Å². The number of aliphatic hydroxyl groups excluding tert-OH is 1. The zero-order chi connectivity index (χ0) is 19.4. The summed E-state index contributed by atoms with van der Waals surface area (Å²) in [6, 6.07) is 4.65. The Bertz CT molecular complexity index is 723. The normalized spacial score (nSPS) is 17.2. The van der Waals surface area contributed by atoms with E-state index < -0.39 is 17.7 Å². The molecule has 0 spiro atoms. The van der Waals surface area contributed by atoms with Gasteiger partial charge in [0.05, 0.1) is 25.8 Å². The summed E-state index contributed by atoms with van der Waals surface area (Å²) in [6.45, 7) is 6.22. The predicted molar refractivity (Wildman–Crippen MR) is 98.4 cm³/mol. The maximum atomic E-state index is 12.8. The highest BCUT2D eigenvalue weighted by atomic mass is 16.5. The van der Waals surface area contributed by atoms with Crippen molar-refractivity contribution in [2.24, 2.45) is 5.92 Å². The van der Waals surface area contributed by atoms with Crippen molar-refractivity contribution in [2.75, 3.05) is 20.8 Å². The van der Waals surface area contributed by atoms with Crippen molar-refractivity contribution in [1.29, 1.82) is 0 Å². The fourth-order valence-electron chi connectivity index (χ4n) is 3.34. The molecule has 6 nitrogen and oxygen atoms in total. The van der Waals surface area contributed by atoms with Crippen LogP contribution >= 0.6 is 0 Å². The number of ketones is 1. The standard InChI is InChI=1S/C20H27NO5/c1-6-10-21-17(13-8-7-9-15(25-4)19(13)26-5)16(18(23)20(21)24)14(22)11-12(2)3/h7-9,12,17,23H,6,10-11H2,1-5H3. The third-order valence-electron chi connectivity index (χ3n) is 4.39. The molecule has 1 aromatic carbocycles. The van der Waals surface area contributed by atoms with Gasteiger partial charge in [-0.15, -0.1) is 0 Å². The van der Waals surface area contributed by atoms with E-state index in [-0.39, 0.29) is 23.7 Å². The lowest BCUT2D eigenvalue weighted by atomic mass is 9.91. The SMILES string of the molecule is CCCN1C(=O)C(O)=C(C(=O)CC(C)C)C1c1cccc(OC)c1OC. The van der Waals surface area contributed by atoms with E-state index in [9.17, 15) is 14.7 Å². The largest absolute Gasteiger partial charge is 0.503 e. The lowest BCUT2D eigenvalue weighted by molar-refractivity contribution is -0.129. The lowest BCUT2D eigenvalue weighted by Crippen LogP contribution is -2.32. The van der Waals surface area contributed by atoms with E-state index in [4.69, 9.17) is 9.47 Å². The lowest BCUT2D eigenvalue weighted by Gasteiger charge is -2.28. The van der Waals surface area contributed by atoms with Crippen LogP contribution in [0.4, 0.5) is 0 Å². The van der Waals surface area contributed by atoms with Crippen LogP contribution in [0.2, 0.25) is 0 Å². The number of para-hydroxylation sites is 1. The number of Topliss-reactive ketones (excluding diaryl/α,β-unsaturated/α-hetero) is 1. The summed E-state index contributed by atoms with van der Waals surface area (Å²) in [5.41, 5.74) is 0.772. The summed E-state index contributed by atoms with van der Waals surface area (Å²) in [5.74, 6) is -0.118. The van der Waals surface area contributed by atoms with Crippen LogP contribution in [0.1, 0.15) is 45.2 Å². The van der Waals surface area contributed by atoms with E-state index in [1.807, 2.05) is 20.8 Å². The van der Waals surface area contributed by atoms with Gasteiger partial charge in [0.25, 0.3) is 5.91 Å². The highest BCUT2D eigenvalue weighted by Gasteiger charge is 2.44. The van der Waals surface area contributed by atoms with Crippen LogP contribution in [-0.4, -0.2) is 42.5 Å². The van der Waals surface area contributed by atoms with Crippen molar-refractivity contribution in [3.63, 3.8) is 0 Å². The number of nitrogens with zero attached hydrogens (tertiary/aromatic N) is 1. The van der Waals surface area contributed by atoms with Gasteiger partial charge in [0.1, 0.15) is 0 Å². The molecule has 1 aromatic rings. The van der Waals surface area contributed by atoms with Gasteiger partial charge in [-0.1, -0.05) is 32.9 Å². The topological polar surface area (TPSA) is 76.1 Å². The highest BCUT2D eigenvalue weighted by Crippen LogP contribution is 2.45. The molecule has 26 heavy (non-hydrogen) atoms. The summed E-state index contributed by atoms with van der Waals surface area (Å²) in [5, 5.41) is 10.5. The second-order valence-corrected chi connectivity index (χ2v) is 6.77. The number of rotatable bonds is 8. The second kappa shape index (κ2) is 8.25. The van der Waals surface area contributed by atoms with Gasteiger partial charge in [0.15, 0.2) is 23.0 Å². The molecule has 0 saturated carbocycles. The first-order valence-corrected chi connectivity index (χ1v) is 8.85. The molecule has 1 unspecified atom stereocenters. The summed E-state index contributed by atoms with van der Waals surface area (Å²) in [6.07, 6.45) is 0.961. The smallest absolute Gasteiger partial charge is 0.290 e. The van der Waals surface area contributed by atoms with Crippen LogP contribution in [0.15, 0.2) is 29.5 Å². The molecule has 1 aliphatic rings. The van der Waals surface area contributed by atoms with Gasteiger partial charge in [0.2, 0.25) is 0 Å². The fourth-order valence-corrected chi connectivity index (χ4v) is 3.34. The van der Waals surface area contributed by atoms with Crippen molar-refractivity contribution in [1.82, 2.24) is 4.90 Å². The molecule has 6 heteroatoms. The molecule has 2 rings (SSSR count). The Kier molecular flexibility index (Phi) is 6.29. The molecule has 142 valence electrons. The zero-order valence-corrected chi connectivity index (χ0v) is 16.0. The number of ether oxygens (including phenoxy) is 2. The van der Waals surface area contributed by atoms with Gasteiger partial charge in [-0.25, -0.2) is 0 Å². The Hall–Kier alpha value is -2.50. The molecule has 0 radical (unpaired) electrons. The monoisotopic (exact) mass is 361 g/mol.